The van der Waals surface area contributed by atoms with Gasteiger partial charge in [-0.05, 0) is 35.6 Å². The van der Waals surface area contributed by atoms with E-state index in [9.17, 15) is 4.79 Å². The second-order valence-electron chi connectivity index (χ2n) is 6.74. The lowest BCUT2D eigenvalue weighted by Gasteiger charge is -2.41. The van der Waals surface area contributed by atoms with Gasteiger partial charge in [-0.2, -0.15) is 0 Å². The van der Waals surface area contributed by atoms with Gasteiger partial charge in [0.1, 0.15) is 0 Å². The highest BCUT2D eigenvalue weighted by molar-refractivity contribution is 6.02. The van der Waals surface area contributed by atoms with Crippen LogP contribution in [0.15, 0.2) is 36.4 Å². The first-order valence-corrected chi connectivity index (χ1v) is 8.82. The first kappa shape index (κ1) is 16.2. The Hall–Kier alpha value is -2.33. The summed E-state index contributed by atoms with van der Waals surface area (Å²) in [5.41, 5.74) is 4.45. The van der Waals surface area contributed by atoms with E-state index in [-0.39, 0.29) is 11.8 Å². The number of ketones is 1. The lowest BCUT2D eigenvalue weighted by Crippen LogP contribution is -2.38. The maximum atomic E-state index is 12.7. The number of carbonyl (C=O) groups excluding carboxylic acids is 1. The van der Waals surface area contributed by atoms with Crippen molar-refractivity contribution in [2.45, 2.75) is 31.8 Å². The van der Waals surface area contributed by atoms with E-state index in [1.807, 2.05) is 6.07 Å². The highest BCUT2D eigenvalue weighted by Gasteiger charge is 2.38. The molecule has 0 saturated carbocycles. The summed E-state index contributed by atoms with van der Waals surface area (Å²) >= 11 is 0. The number of nitrogens with zero attached hydrogens (tertiary/aromatic N) is 1. The molecule has 1 aliphatic carbocycles. The minimum atomic E-state index is 0.171. The third kappa shape index (κ3) is 2.71. The quantitative estimate of drug-likeness (QED) is 0.851. The van der Waals surface area contributed by atoms with Crippen molar-refractivity contribution in [3.63, 3.8) is 0 Å². The predicted molar refractivity (Wildman–Crippen MR) is 96.4 cm³/mol. The molecule has 0 bridgehead atoms. The standard InChI is InChI=1S/C21H23NO3/c1-24-18-12-15-10-11-22(13-14-6-4-3-5-7-14)16-8-9-17(23)20(19(15)16)21(18)25-2/h3-7,12,16H,8-11,13H2,1-2H3. The Morgan fingerprint density at radius 1 is 1.12 bits per heavy atom. The number of ether oxygens (including phenoxy) is 2. The molecule has 2 aromatic carbocycles. The van der Waals surface area contributed by atoms with Crippen LogP contribution in [0.2, 0.25) is 0 Å². The van der Waals surface area contributed by atoms with Crippen LogP contribution in [0.25, 0.3) is 0 Å². The van der Waals surface area contributed by atoms with Crippen LogP contribution >= 0.6 is 0 Å². The van der Waals surface area contributed by atoms with Crippen LogP contribution in [-0.2, 0) is 13.0 Å². The molecule has 4 heteroatoms. The van der Waals surface area contributed by atoms with Gasteiger partial charge in [0, 0.05) is 25.6 Å². The average Bonchev–Trinajstić information content (AvgIpc) is 2.65. The van der Waals surface area contributed by atoms with Gasteiger partial charge < -0.3 is 9.47 Å². The zero-order valence-corrected chi connectivity index (χ0v) is 14.7. The van der Waals surface area contributed by atoms with Crippen LogP contribution in [0.1, 0.15) is 45.9 Å². The average molecular weight is 337 g/mol. The maximum absolute atomic E-state index is 12.7. The molecule has 1 aliphatic heterocycles. The number of hydrogen-bond donors (Lipinski definition) is 0. The van der Waals surface area contributed by atoms with E-state index in [1.54, 1.807) is 14.2 Å². The van der Waals surface area contributed by atoms with E-state index in [0.29, 0.717) is 17.9 Å². The van der Waals surface area contributed by atoms with Crippen molar-refractivity contribution in [3.05, 3.63) is 58.7 Å². The van der Waals surface area contributed by atoms with Gasteiger partial charge in [-0.3, -0.25) is 9.69 Å². The van der Waals surface area contributed by atoms with E-state index in [4.69, 9.17) is 9.47 Å². The van der Waals surface area contributed by atoms with Crippen molar-refractivity contribution in [2.75, 3.05) is 20.8 Å². The number of carbonyl (C=O) groups is 1. The molecule has 25 heavy (non-hydrogen) atoms. The molecular formula is C21H23NO3. The molecule has 2 aliphatic rings. The topological polar surface area (TPSA) is 38.8 Å². The van der Waals surface area contributed by atoms with Gasteiger partial charge in [0.2, 0.25) is 0 Å². The molecule has 2 aromatic rings. The third-order valence-electron chi connectivity index (χ3n) is 5.39. The summed E-state index contributed by atoms with van der Waals surface area (Å²) in [6, 6.07) is 12.9. The number of hydrogen-bond acceptors (Lipinski definition) is 4. The highest BCUT2D eigenvalue weighted by atomic mass is 16.5. The van der Waals surface area contributed by atoms with Crippen LogP contribution in [0.4, 0.5) is 0 Å². The van der Waals surface area contributed by atoms with E-state index in [2.05, 4.69) is 35.2 Å². The van der Waals surface area contributed by atoms with Crippen LogP contribution in [0.5, 0.6) is 11.5 Å². The fourth-order valence-corrected chi connectivity index (χ4v) is 4.26. The first-order valence-electron chi connectivity index (χ1n) is 8.82. The van der Waals surface area contributed by atoms with Crippen molar-refractivity contribution in [1.29, 1.82) is 0 Å². The Bertz CT molecular complexity index is 801. The number of methoxy groups -OCH3 is 2. The Kier molecular flexibility index (Phi) is 4.22. The second-order valence-corrected chi connectivity index (χ2v) is 6.74. The van der Waals surface area contributed by atoms with Gasteiger partial charge in [0.15, 0.2) is 17.3 Å². The Labute approximate surface area is 148 Å². The maximum Gasteiger partial charge on any atom is 0.171 e. The predicted octanol–water partition coefficient (Wildman–Crippen LogP) is 3.78. The Morgan fingerprint density at radius 3 is 2.64 bits per heavy atom. The van der Waals surface area contributed by atoms with Crippen molar-refractivity contribution in [3.8, 4) is 11.5 Å². The molecule has 0 aromatic heterocycles. The fraction of sp³-hybridized carbons (Fsp3) is 0.381. The van der Waals surface area contributed by atoms with Crippen LogP contribution < -0.4 is 9.47 Å². The zero-order valence-electron chi connectivity index (χ0n) is 14.7. The van der Waals surface area contributed by atoms with Crippen LogP contribution in [0, 0.1) is 0 Å². The lowest BCUT2D eigenvalue weighted by molar-refractivity contribution is 0.0907. The summed E-state index contributed by atoms with van der Waals surface area (Å²) in [7, 11) is 3.24. The first-order chi connectivity index (χ1) is 12.2. The molecule has 1 heterocycles. The molecule has 0 spiro atoms. The van der Waals surface area contributed by atoms with Gasteiger partial charge >= 0.3 is 0 Å². The molecule has 0 saturated heterocycles. The van der Waals surface area contributed by atoms with Crippen molar-refractivity contribution in [1.82, 2.24) is 4.90 Å². The van der Waals surface area contributed by atoms with Crippen LogP contribution in [-0.4, -0.2) is 31.4 Å². The van der Waals surface area contributed by atoms with E-state index >= 15 is 0 Å². The normalized spacial score (nSPS) is 19.4. The minimum Gasteiger partial charge on any atom is -0.493 e. The summed E-state index contributed by atoms with van der Waals surface area (Å²) < 4.78 is 11.1. The van der Waals surface area contributed by atoms with E-state index in [0.717, 1.165) is 37.1 Å². The molecule has 1 atom stereocenters. The second kappa shape index (κ2) is 6.52. The van der Waals surface area contributed by atoms with E-state index in [1.165, 1.54) is 11.1 Å². The summed E-state index contributed by atoms with van der Waals surface area (Å²) in [4.78, 5) is 15.2. The summed E-state index contributed by atoms with van der Waals surface area (Å²) in [5, 5.41) is 0. The number of benzene rings is 2. The smallest absolute Gasteiger partial charge is 0.171 e. The molecule has 4 nitrogen and oxygen atoms in total. The fourth-order valence-electron chi connectivity index (χ4n) is 4.26. The van der Waals surface area contributed by atoms with Gasteiger partial charge in [-0.1, -0.05) is 30.3 Å². The molecule has 0 amide bonds. The molecule has 0 N–H and O–H groups in total. The third-order valence-corrected chi connectivity index (χ3v) is 5.39. The molecule has 4 rings (SSSR count). The lowest BCUT2D eigenvalue weighted by atomic mass is 9.79. The molecule has 0 radical (unpaired) electrons. The monoisotopic (exact) mass is 337 g/mol. The summed E-state index contributed by atoms with van der Waals surface area (Å²) in [5.74, 6) is 1.43. The molecular weight excluding hydrogens is 314 g/mol. The molecule has 1 unspecified atom stereocenters. The van der Waals surface area contributed by atoms with Crippen molar-refractivity contribution in [2.24, 2.45) is 0 Å². The van der Waals surface area contributed by atoms with E-state index < -0.39 is 0 Å². The largest absolute Gasteiger partial charge is 0.493 e. The van der Waals surface area contributed by atoms with Gasteiger partial charge in [0.25, 0.3) is 0 Å². The van der Waals surface area contributed by atoms with Gasteiger partial charge in [0.05, 0.1) is 19.8 Å². The minimum absolute atomic E-state index is 0.171. The zero-order chi connectivity index (χ0) is 17.4. The summed E-state index contributed by atoms with van der Waals surface area (Å²) in [6.07, 6.45) is 2.37. The number of Topliss-reactive ketones (excluding diaryl/α,β-unsaturated/α-hetero) is 1. The highest BCUT2D eigenvalue weighted by Crippen LogP contribution is 2.47. The Balaban J connectivity index is 1.78. The van der Waals surface area contributed by atoms with Gasteiger partial charge in [-0.25, -0.2) is 0 Å². The molecule has 130 valence electrons. The van der Waals surface area contributed by atoms with Gasteiger partial charge in [-0.15, -0.1) is 0 Å². The van der Waals surface area contributed by atoms with Crippen molar-refractivity contribution >= 4 is 5.78 Å². The van der Waals surface area contributed by atoms with Crippen LogP contribution in [0.3, 0.4) is 0 Å². The SMILES string of the molecule is COc1cc2c3c(c1OC)C(=O)CCC3N(Cc1ccccc1)CC2. The Morgan fingerprint density at radius 2 is 1.92 bits per heavy atom. The van der Waals surface area contributed by atoms with Crippen molar-refractivity contribution < 1.29 is 14.3 Å². The summed E-state index contributed by atoms with van der Waals surface area (Å²) in [6.45, 7) is 1.91. The number of rotatable bonds is 4. The molecule has 0 fully saturated rings.